The van der Waals surface area contributed by atoms with Crippen molar-refractivity contribution in [2.75, 3.05) is 7.11 Å². The highest BCUT2D eigenvalue weighted by Gasteiger charge is 2.64. The summed E-state index contributed by atoms with van der Waals surface area (Å²) >= 11 is 0. The van der Waals surface area contributed by atoms with Crippen LogP contribution in [0.1, 0.15) is 73.1 Å². The van der Waals surface area contributed by atoms with E-state index in [0.717, 1.165) is 25.7 Å². The number of aliphatic hydroxyl groups excluding tert-OH is 1. The van der Waals surface area contributed by atoms with Crippen LogP contribution in [0.2, 0.25) is 0 Å². The van der Waals surface area contributed by atoms with Crippen LogP contribution in [0, 0.1) is 59.2 Å². The average molecular weight is 615 g/mol. The number of fused-ring (bicyclic) bond motifs is 8. The molecule has 1 aliphatic carbocycles. The normalized spacial score (nSPS) is 53.1. The zero-order valence-electron chi connectivity index (χ0n) is 27.6. The molecule has 5 aliphatic heterocycles. The van der Waals surface area contributed by atoms with E-state index in [2.05, 4.69) is 68.5 Å². The van der Waals surface area contributed by atoms with Gasteiger partial charge < -0.3 is 36.2 Å². The zero-order valence-corrected chi connectivity index (χ0v) is 27.6. The summed E-state index contributed by atoms with van der Waals surface area (Å²) in [5, 5.41) is 37.8. The minimum atomic E-state index is -0.795. The molecule has 0 spiro atoms. The van der Waals surface area contributed by atoms with E-state index < -0.39 is 18.0 Å². The standard InChI is InChI=1S/C35H58N4O5/c1-8-19-15(3)22-12-24-17(5)21(10-11-28(40)41)32(38-24)30-31(35(43)44-7)34(42)29-18(6)25(39-33(29)30)14-27-20(9-2)16(4)23(37-27)13-26(19)36-22/h8,15-27,29-34,36-39,42H,1,9-14H2,2-7H3,(H,40,41)/t15?,16?,17-,18?,19?,20?,21-,22?,23?,24?,25?,26?,27?,29?,30?,31?,32?,33?,34?/m0/s1. The summed E-state index contributed by atoms with van der Waals surface area (Å²) in [5.74, 6) is 0.497. The van der Waals surface area contributed by atoms with Gasteiger partial charge in [-0.1, -0.05) is 47.1 Å². The predicted octanol–water partition coefficient (Wildman–Crippen LogP) is 2.78. The Labute approximate surface area is 264 Å². The Bertz CT molecular complexity index is 1090. The maximum absolute atomic E-state index is 13.4. The summed E-state index contributed by atoms with van der Waals surface area (Å²) in [6.45, 7) is 15.9. The fraction of sp³-hybridized carbons (Fsp3) is 0.886. The van der Waals surface area contributed by atoms with Gasteiger partial charge in [-0.2, -0.15) is 0 Å². The summed E-state index contributed by atoms with van der Waals surface area (Å²) < 4.78 is 5.34. The van der Waals surface area contributed by atoms with Gasteiger partial charge >= 0.3 is 11.9 Å². The van der Waals surface area contributed by atoms with Gasteiger partial charge in [-0.25, -0.2) is 0 Å². The lowest BCUT2D eigenvalue weighted by Crippen LogP contribution is -2.52. The minimum absolute atomic E-state index is 0.0365. The number of hydrogen-bond donors (Lipinski definition) is 6. The van der Waals surface area contributed by atoms with Crippen molar-refractivity contribution in [2.24, 2.45) is 59.2 Å². The molecule has 0 aromatic rings. The molecule has 6 rings (SSSR count). The molecule has 5 saturated heterocycles. The third-order valence-corrected chi connectivity index (χ3v) is 14.1. The molecule has 0 aromatic carbocycles. The van der Waals surface area contributed by atoms with Gasteiger partial charge in [0, 0.05) is 66.6 Å². The second-order valence-corrected chi connectivity index (χ2v) is 15.7. The number of esters is 1. The van der Waals surface area contributed by atoms with E-state index in [4.69, 9.17) is 4.74 Å². The quantitative estimate of drug-likeness (QED) is 0.198. The highest BCUT2D eigenvalue weighted by atomic mass is 16.5. The van der Waals surface area contributed by atoms with E-state index in [9.17, 15) is 19.8 Å². The SMILES string of the molecule is C=CC1C2CC3NC(CC4NC5C(C4C)C(O)C(C(=O)OC)C5C4NC(CC(N2)C1C)[C@@H](C)[C@@H]4CCC(=O)O)C(CC)C3C. The van der Waals surface area contributed by atoms with Crippen LogP contribution in [0.4, 0.5) is 0 Å². The first-order valence-electron chi connectivity index (χ1n) is 17.6. The third kappa shape index (κ3) is 5.26. The molecular formula is C35H58N4O5. The number of methoxy groups -OCH3 is 1. The number of carboxylic acid groups (broad SMARTS) is 1. The Morgan fingerprint density at radius 3 is 2.02 bits per heavy atom. The molecule has 0 radical (unpaired) electrons. The van der Waals surface area contributed by atoms with E-state index >= 15 is 0 Å². The van der Waals surface area contributed by atoms with Gasteiger partial charge in [-0.3, -0.25) is 9.59 Å². The van der Waals surface area contributed by atoms with E-state index in [1.54, 1.807) is 0 Å². The lowest BCUT2D eigenvalue weighted by Gasteiger charge is -2.35. The molecule has 9 nitrogen and oxygen atoms in total. The number of hydrogen-bond acceptors (Lipinski definition) is 8. The number of aliphatic carboxylic acids is 1. The van der Waals surface area contributed by atoms with Crippen molar-refractivity contribution in [1.82, 2.24) is 21.3 Å². The fourth-order valence-corrected chi connectivity index (χ4v) is 11.7. The summed E-state index contributed by atoms with van der Waals surface area (Å²) in [5.41, 5.74) is 0. The van der Waals surface area contributed by atoms with Gasteiger partial charge in [0.2, 0.25) is 0 Å². The largest absolute Gasteiger partial charge is 0.481 e. The van der Waals surface area contributed by atoms with Crippen LogP contribution in [0.15, 0.2) is 12.7 Å². The van der Waals surface area contributed by atoms with Crippen molar-refractivity contribution in [3.05, 3.63) is 12.7 Å². The summed E-state index contributed by atoms with van der Waals surface area (Å²) in [6, 6.07) is 1.81. The number of carboxylic acids is 1. The van der Waals surface area contributed by atoms with Crippen LogP contribution in [0.3, 0.4) is 0 Å². The van der Waals surface area contributed by atoms with Crippen LogP contribution in [0.25, 0.3) is 0 Å². The van der Waals surface area contributed by atoms with Gasteiger partial charge in [0.05, 0.1) is 19.1 Å². The van der Waals surface area contributed by atoms with Crippen LogP contribution in [-0.4, -0.2) is 83.7 Å². The number of rotatable bonds is 6. The molecule has 6 fully saturated rings. The molecule has 248 valence electrons. The Morgan fingerprint density at radius 2 is 1.36 bits per heavy atom. The summed E-state index contributed by atoms with van der Waals surface area (Å²) in [4.78, 5) is 25.2. The summed E-state index contributed by atoms with van der Waals surface area (Å²) in [6.07, 6.45) is 6.19. The molecule has 19 atom stereocenters. The number of nitrogens with one attached hydrogen (secondary N) is 4. The van der Waals surface area contributed by atoms with E-state index in [0.29, 0.717) is 54.3 Å². The van der Waals surface area contributed by atoms with Crippen molar-refractivity contribution in [1.29, 1.82) is 0 Å². The van der Waals surface area contributed by atoms with Crippen molar-refractivity contribution >= 4 is 11.9 Å². The molecular weight excluding hydrogens is 556 g/mol. The van der Waals surface area contributed by atoms with Crippen LogP contribution >= 0.6 is 0 Å². The van der Waals surface area contributed by atoms with Gasteiger partial charge in [-0.15, -0.1) is 6.58 Å². The number of carbonyl (C=O) groups is 2. The van der Waals surface area contributed by atoms with Gasteiger partial charge in [-0.05, 0) is 67.1 Å². The molecule has 17 unspecified atom stereocenters. The van der Waals surface area contributed by atoms with Crippen molar-refractivity contribution in [3.63, 3.8) is 0 Å². The molecule has 8 bridgehead atoms. The van der Waals surface area contributed by atoms with Gasteiger partial charge in [0.25, 0.3) is 0 Å². The fourth-order valence-electron chi connectivity index (χ4n) is 11.7. The zero-order chi connectivity index (χ0) is 31.6. The second kappa shape index (κ2) is 12.6. The minimum Gasteiger partial charge on any atom is -0.481 e. The smallest absolute Gasteiger partial charge is 0.311 e. The average Bonchev–Trinajstić information content (AvgIpc) is 3.72. The van der Waals surface area contributed by atoms with E-state index in [1.165, 1.54) is 7.11 Å². The Hall–Kier alpha value is -1.52. The predicted molar refractivity (Wildman–Crippen MR) is 170 cm³/mol. The third-order valence-electron chi connectivity index (χ3n) is 14.1. The monoisotopic (exact) mass is 614 g/mol. The van der Waals surface area contributed by atoms with Crippen molar-refractivity contribution in [3.8, 4) is 0 Å². The molecule has 0 amide bonds. The van der Waals surface area contributed by atoms with E-state index in [-0.39, 0.29) is 66.1 Å². The molecule has 6 aliphatic rings. The molecule has 9 heteroatoms. The first kappa shape index (κ1) is 32.4. The molecule has 5 heterocycles. The highest BCUT2D eigenvalue weighted by molar-refractivity contribution is 5.74. The van der Waals surface area contributed by atoms with Gasteiger partial charge in [0.15, 0.2) is 0 Å². The molecule has 1 saturated carbocycles. The molecule has 0 aromatic heterocycles. The number of aliphatic hydroxyl groups is 1. The molecule has 44 heavy (non-hydrogen) atoms. The first-order valence-corrected chi connectivity index (χ1v) is 17.6. The first-order chi connectivity index (χ1) is 21.0. The van der Waals surface area contributed by atoms with Crippen LogP contribution < -0.4 is 21.3 Å². The maximum Gasteiger partial charge on any atom is 0.311 e. The van der Waals surface area contributed by atoms with Crippen molar-refractivity contribution in [2.45, 2.75) is 128 Å². The lowest BCUT2D eigenvalue weighted by atomic mass is 9.75. The highest BCUT2D eigenvalue weighted by Crippen LogP contribution is 2.53. The maximum atomic E-state index is 13.4. The Kier molecular flexibility index (Phi) is 9.28. The Balaban J connectivity index is 1.40. The van der Waals surface area contributed by atoms with Gasteiger partial charge in [0.1, 0.15) is 0 Å². The Morgan fingerprint density at radius 1 is 0.795 bits per heavy atom. The van der Waals surface area contributed by atoms with E-state index in [1.807, 2.05) is 0 Å². The summed E-state index contributed by atoms with van der Waals surface area (Å²) in [7, 11) is 1.42. The second-order valence-electron chi connectivity index (χ2n) is 15.7. The van der Waals surface area contributed by atoms with Crippen LogP contribution in [0.5, 0.6) is 0 Å². The lowest BCUT2D eigenvalue weighted by molar-refractivity contribution is -0.152. The number of ether oxygens (including phenoxy) is 1. The number of carbonyl (C=O) groups excluding carboxylic acids is 1. The topological polar surface area (TPSA) is 132 Å². The van der Waals surface area contributed by atoms with Crippen LogP contribution in [-0.2, 0) is 14.3 Å². The van der Waals surface area contributed by atoms with Crippen molar-refractivity contribution < 1.29 is 24.5 Å². The molecule has 6 N–H and O–H groups in total.